The van der Waals surface area contributed by atoms with Crippen LogP contribution in [0.4, 0.5) is 48.7 Å². The van der Waals surface area contributed by atoms with E-state index in [4.69, 9.17) is 11.5 Å². The molecule has 2 aromatic carbocycles. The van der Waals surface area contributed by atoms with Crippen LogP contribution >= 0.6 is 0 Å². The van der Waals surface area contributed by atoms with Crippen LogP contribution in [0.5, 0.6) is 0 Å². The Morgan fingerprint density at radius 2 is 1.69 bits per heavy atom. The molecule has 1 saturated heterocycles. The first kappa shape index (κ1) is 28.7. The molecule has 0 spiro atoms. The first-order chi connectivity index (χ1) is 19.8. The van der Waals surface area contributed by atoms with Crippen molar-refractivity contribution in [3.8, 4) is 11.1 Å². The first-order valence-corrected chi connectivity index (χ1v) is 12.8. The fraction of sp³-hybridized carbons (Fsp3) is 0.259. The Kier molecular flexibility index (Phi) is 7.22. The van der Waals surface area contributed by atoms with E-state index < -0.39 is 41.1 Å². The highest BCUT2D eigenvalue weighted by Gasteiger charge is 2.37. The number of anilines is 3. The third-order valence-corrected chi connectivity index (χ3v) is 7.57. The van der Waals surface area contributed by atoms with Gasteiger partial charge in [0, 0.05) is 30.0 Å². The molecule has 4 aromatic rings. The smallest absolute Gasteiger partial charge is 0.382 e. The van der Waals surface area contributed by atoms with E-state index in [9.17, 15) is 27.2 Å². The maximum atomic E-state index is 15.2. The molecule has 6 N–H and O–H groups in total. The highest BCUT2D eigenvalue weighted by atomic mass is 19.4. The number of benzene rings is 2. The van der Waals surface area contributed by atoms with E-state index in [0.29, 0.717) is 60.8 Å². The van der Waals surface area contributed by atoms with E-state index >= 15 is 4.39 Å². The van der Waals surface area contributed by atoms with Crippen LogP contribution in [-0.4, -0.2) is 51.3 Å². The number of quaternary nitrogens is 1. The third kappa shape index (κ3) is 5.42. The molecule has 0 bridgehead atoms. The van der Waals surface area contributed by atoms with Gasteiger partial charge in [-0.3, -0.25) is 0 Å². The number of likely N-dealkylation sites (tertiary alicyclic amines) is 1. The predicted molar refractivity (Wildman–Crippen MR) is 144 cm³/mol. The number of carbonyl (C=O) groups excluding carboxylic acids is 2. The molecule has 42 heavy (non-hydrogen) atoms. The number of primary amides is 1. The number of nitrogen functional groups attached to an aromatic ring is 1. The Hall–Kier alpha value is -4.79. The number of amides is 4. The molecule has 220 valence electrons. The second kappa shape index (κ2) is 10.6. The van der Waals surface area contributed by atoms with Gasteiger partial charge in [0.25, 0.3) is 0 Å². The molecule has 0 saturated carbocycles. The zero-order valence-electron chi connectivity index (χ0n) is 22.2. The summed E-state index contributed by atoms with van der Waals surface area (Å²) >= 11 is 0. The average molecular weight is 590 g/mol. The summed E-state index contributed by atoms with van der Waals surface area (Å²) in [6, 6.07) is 5.75. The number of hydrogen-bond acceptors (Lipinski definition) is 5. The predicted octanol–water partition coefficient (Wildman–Crippen LogP) is 5.32. The summed E-state index contributed by atoms with van der Waals surface area (Å²) in [6.07, 6.45) is -2.15. The maximum Gasteiger partial charge on any atom is 0.416 e. The molecule has 0 unspecified atom stereocenters. The van der Waals surface area contributed by atoms with Gasteiger partial charge in [0.15, 0.2) is 5.82 Å². The average Bonchev–Trinajstić information content (AvgIpc) is 3.32. The van der Waals surface area contributed by atoms with Gasteiger partial charge in [0.2, 0.25) is 0 Å². The Balaban J connectivity index is 1.40. The van der Waals surface area contributed by atoms with Crippen LogP contribution in [0.2, 0.25) is 0 Å². The second-order valence-electron chi connectivity index (χ2n) is 10.3. The van der Waals surface area contributed by atoms with Crippen molar-refractivity contribution in [3.63, 3.8) is 0 Å². The largest absolute Gasteiger partial charge is 0.416 e. The van der Waals surface area contributed by atoms with E-state index in [1.54, 1.807) is 11.6 Å². The number of halogens is 5. The summed E-state index contributed by atoms with van der Waals surface area (Å²) in [5.41, 5.74) is 11.7. The van der Waals surface area contributed by atoms with Crippen molar-refractivity contribution >= 4 is 34.8 Å². The minimum atomic E-state index is -4.75. The molecule has 4 amide bonds. The molecule has 3 heterocycles. The van der Waals surface area contributed by atoms with E-state index in [0.717, 1.165) is 11.8 Å². The summed E-state index contributed by atoms with van der Waals surface area (Å²) in [4.78, 5) is 28.3. The Bertz CT molecular complexity index is 1700. The normalized spacial score (nSPS) is 19.0. The summed E-state index contributed by atoms with van der Waals surface area (Å²) in [6.45, 7) is 1.06. The lowest BCUT2D eigenvalue weighted by molar-refractivity contribution is -0.834. The van der Waals surface area contributed by atoms with Crippen molar-refractivity contribution in [2.24, 2.45) is 5.73 Å². The molecule has 15 heteroatoms. The summed E-state index contributed by atoms with van der Waals surface area (Å²) in [7, 11) is 1.79. The standard InChI is InChI=1S/C27H25F5N8O2/c1-40(25(34)41)8-6-14(7-9-40)22-12-17(23-24(33)35-13-36-39(22)23)15-2-5-20(19(29)10-15)37-26(42)38-21-11-16(27(30,31)32)3-4-18(21)28/h2-5,10-14H,6-9H2,1H3,(H5-,33,34,35,36,37,38,41,42)/p+1. The van der Waals surface area contributed by atoms with Crippen LogP contribution in [0, 0.1) is 11.6 Å². The molecular weight excluding hydrogens is 563 g/mol. The van der Waals surface area contributed by atoms with Crippen LogP contribution in [0.1, 0.15) is 30.0 Å². The lowest BCUT2D eigenvalue weighted by atomic mass is 9.92. The number of fused-ring (bicyclic) bond motifs is 1. The number of piperidine rings is 1. The van der Waals surface area contributed by atoms with Gasteiger partial charge in [-0.2, -0.15) is 18.3 Å². The molecule has 1 aliphatic heterocycles. The molecule has 1 aliphatic rings. The third-order valence-electron chi connectivity index (χ3n) is 7.57. The Labute approximate surface area is 235 Å². The number of nitrogens with zero attached hydrogens (tertiary/aromatic N) is 4. The minimum Gasteiger partial charge on any atom is -0.382 e. The fourth-order valence-corrected chi connectivity index (χ4v) is 5.11. The van der Waals surface area contributed by atoms with Gasteiger partial charge in [-0.1, -0.05) is 6.07 Å². The van der Waals surface area contributed by atoms with Crippen LogP contribution < -0.4 is 22.1 Å². The molecule has 0 aliphatic carbocycles. The van der Waals surface area contributed by atoms with E-state index in [1.807, 2.05) is 11.4 Å². The van der Waals surface area contributed by atoms with Crippen molar-refractivity contribution in [1.29, 1.82) is 0 Å². The minimum absolute atomic E-state index is 0.0110. The number of nitrogens with one attached hydrogen (secondary N) is 2. The molecule has 5 rings (SSSR count). The quantitative estimate of drug-likeness (QED) is 0.188. The number of urea groups is 2. The number of nitrogens with two attached hydrogens (primary N) is 2. The highest BCUT2D eigenvalue weighted by Crippen LogP contribution is 2.38. The SMILES string of the molecule is C[N+]1(C(N)=O)CCC(c2cc(-c3ccc(NC(=O)Nc4cc(C(F)(F)F)ccc4F)c(F)c3)c3c(N)ncnn23)CC1. The van der Waals surface area contributed by atoms with Crippen molar-refractivity contribution < 1.29 is 36.0 Å². The first-order valence-electron chi connectivity index (χ1n) is 12.8. The lowest BCUT2D eigenvalue weighted by Crippen LogP contribution is -2.56. The van der Waals surface area contributed by atoms with E-state index in [2.05, 4.69) is 15.4 Å². The van der Waals surface area contributed by atoms with Crippen LogP contribution in [0.3, 0.4) is 0 Å². The van der Waals surface area contributed by atoms with Gasteiger partial charge >= 0.3 is 18.2 Å². The van der Waals surface area contributed by atoms with Crippen LogP contribution in [0.25, 0.3) is 16.6 Å². The molecule has 0 atom stereocenters. The van der Waals surface area contributed by atoms with Gasteiger partial charge in [-0.25, -0.2) is 32.4 Å². The zero-order valence-corrected chi connectivity index (χ0v) is 22.2. The number of rotatable bonds is 4. The zero-order chi connectivity index (χ0) is 30.4. The molecule has 10 nitrogen and oxygen atoms in total. The topological polar surface area (TPSA) is 140 Å². The molecule has 1 fully saturated rings. The van der Waals surface area contributed by atoms with Crippen molar-refractivity contribution in [3.05, 3.63) is 71.7 Å². The van der Waals surface area contributed by atoms with Gasteiger partial charge in [-0.15, -0.1) is 0 Å². The molecule has 2 aromatic heterocycles. The fourth-order valence-electron chi connectivity index (χ4n) is 5.11. The van der Waals surface area contributed by atoms with Crippen LogP contribution in [-0.2, 0) is 6.18 Å². The van der Waals surface area contributed by atoms with Gasteiger partial charge in [0.1, 0.15) is 23.5 Å². The summed E-state index contributed by atoms with van der Waals surface area (Å²) in [5.74, 6) is -1.79. The number of hydrogen-bond donors (Lipinski definition) is 4. The van der Waals surface area contributed by atoms with Gasteiger partial charge in [-0.05, 0) is 42.0 Å². The maximum absolute atomic E-state index is 15.2. The van der Waals surface area contributed by atoms with E-state index in [1.165, 1.54) is 18.5 Å². The Morgan fingerprint density at radius 3 is 2.33 bits per heavy atom. The second-order valence-corrected chi connectivity index (χ2v) is 10.3. The van der Waals surface area contributed by atoms with Crippen molar-refractivity contribution in [1.82, 2.24) is 14.6 Å². The number of alkyl halides is 3. The summed E-state index contributed by atoms with van der Waals surface area (Å²) in [5, 5.41) is 8.50. The number of aromatic nitrogens is 3. The molecular formula is C27H26F5N8O2+. The van der Waals surface area contributed by atoms with Gasteiger partial charge in [0.05, 0.1) is 37.1 Å². The lowest BCUT2D eigenvalue weighted by Gasteiger charge is -2.36. The van der Waals surface area contributed by atoms with E-state index in [-0.39, 0.29) is 21.9 Å². The Morgan fingerprint density at radius 1 is 1.00 bits per heavy atom. The van der Waals surface area contributed by atoms with Gasteiger partial charge < -0.3 is 22.1 Å². The van der Waals surface area contributed by atoms with Crippen molar-refractivity contribution in [2.45, 2.75) is 24.9 Å². The highest BCUT2D eigenvalue weighted by molar-refractivity contribution is 6.00. The monoisotopic (exact) mass is 589 g/mol. The van der Waals surface area contributed by atoms with Crippen LogP contribution in [0.15, 0.2) is 48.8 Å². The summed E-state index contributed by atoms with van der Waals surface area (Å²) < 4.78 is 69.9. The number of carbonyl (C=O) groups is 2. The van der Waals surface area contributed by atoms with Crippen molar-refractivity contribution in [2.75, 3.05) is 36.5 Å². The molecule has 0 radical (unpaired) electrons.